The van der Waals surface area contributed by atoms with E-state index in [1.54, 1.807) is 6.07 Å². The Morgan fingerprint density at radius 2 is 1.81 bits per heavy atom. The molecule has 2 aliphatic heterocycles. The molecule has 1 atom stereocenters. The minimum absolute atomic E-state index is 0.00977. The molecule has 4 aromatic rings. The maximum atomic E-state index is 15.1. The summed E-state index contributed by atoms with van der Waals surface area (Å²) in [5, 5.41) is 12.8. The summed E-state index contributed by atoms with van der Waals surface area (Å²) in [7, 11) is 0. The van der Waals surface area contributed by atoms with Crippen molar-refractivity contribution in [2.75, 3.05) is 31.5 Å². The van der Waals surface area contributed by atoms with Gasteiger partial charge < -0.3 is 19.9 Å². The second-order valence-corrected chi connectivity index (χ2v) is 11.9. The van der Waals surface area contributed by atoms with E-state index in [-0.39, 0.29) is 29.3 Å². The maximum absolute atomic E-state index is 15.1. The summed E-state index contributed by atoms with van der Waals surface area (Å²) in [5.74, 6) is 0.312. The molecule has 1 fully saturated rings. The van der Waals surface area contributed by atoms with Gasteiger partial charge in [0.2, 0.25) is 5.95 Å². The van der Waals surface area contributed by atoms with Gasteiger partial charge in [-0.05, 0) is 77.4 Å². The standard InChI is InChI=1S/C31H38F2N8O/c1-18(2)41-20(4)35-30-24(32)13-22(14-27(30)41)29-25(33)15-34-31(38-29)37-28-6-5-21-17-40(12-9-26(21)36-28)23-7-10-39(11-8-23)16-19(3)42/h5-6,13-15,18-19,23,42H,7-12,16-17H2,1-4H3,(H,34,36,37,38). The fourth-order valence-electron chi connectivity index (χ4n) is 6.46. The number of halogens is 2. The van der Waals surface area contributed by atoms with Crippen LogP contribution in [0.1, 0.15) is 56.7 Å². The van der Waals surface area contributed by atoms with Crippen molar-refractivity contribution in [2.24, 2.45) is 0 Å². The summed E-state index contributed by atoms with van der Waals surface area (Å²) in [4.78, 5) is 22.6. The van der Waals surface area contributed by atoms with Gasteiger partial charge in [0.25, 0.3) is 0 Å². The summed E-state index contributed by atoms with van der Waals surface area (Å²) in [6, 6.07) is 7.59. The van der Waals surface area contributed by atoms with E-state index in [0.717, 1.165) is 63.9 Å². The van der Waals surface area contributed by atoms with Crippen molar-refractivity contribution in [1.82, 2.24) is 34.3 Å². The molecule has 0 saturated carbocycles. The van der Waals surface area contributed by atoms with E-state index in [0.29, 0.717) is 28.8 Å². The zero-order valence-electron chi connectivity index (χ0n) is 24.6. The molecule has 0 spiro atoms. The number of aliphatic hydroxyl groups excluding tert-OH is 1. The van der Waals surface area contributed by atoms with E-state index in [4.69, 9.17) is 4.98 Å². The van der Waals surface area contributed by atoms with Crippen LogP contribution < -0.4 is 5.32 Å². The van der Waals surface area contributed by atoms with Crippen LogP contribution in [-0.2, 0) is 13.0 Å². The monoisotopic (exact) mass is 576 g/mol. The Hall–Kier alpha value is -3.54. The highest BCUT2D eigenvalue weighted by Gasteiger charge is 2.28. The van der Waals surface area contributed by atoms with E-state index >= 15 is 4.39 Å². The van der Waals surface area contributed by atoms with Crippen molar-refractivity contribution < 1.29 is 13.9 Å². The Morgan fingerprint density at radius 3 is 2.55 bits per heavy atom. The third-order valence-electron chi connectivity index (χ3n) is 8.37. The zero-order valence-corrected chi connectivity index (χ0v) is 24.6. The number of anilines is 2. The molecule has 2 N–H and O–H groups in total. The molecule has 6 rings (SSSR count). The number of hydrogen-bond acceptors (Lipinski definition) is 8. The average molecular weight is 577 g/mol. The number of rotatable bonds is 7. The molecule has 3 aromatic heterocycles. The molecule has 1 unspecified atom stereocenters. The number of β-amino-alcohol motifs (C(OH)–C–C–N with tert-alkyl or cyclic N) is 1. The highest BCUT2D eigenvalue weighted by atomic mass is 19.1. The fraction of sp³-hybridized carbons (Fsp3) is 0.484. The SMILES string of the molecule is Cc1nc2c(F)cc(-c3nc(Nc4ccc5c(n4)CCN(C4CCN(CC(C)O)CC4)C5)ncc3F)cc2n1C(C)C. The number of benzene rings is 1. The first-order valence-corrected chi connectivity index (χ1v) is 14.8. The number of aromatic nitrogens is 5. The molecule has 0 bridgehead atoms. The molecule has 0 aliphatic carbocycles. The predicted octanol–water partition coefficient (Wildman–Crippen LogP) is 5.00. The molecule has 1 aromatic carbocycles. The highest BCUT2D eigenvalue weighted by Crippen LogP contribution is 2.31. The van der Waals surface area contributed by atoms with Crippen LogP contribution in [0.25, 0.3) is 22.3 Å². The van der Waals surface area contributed by atoms with Crippen LogP contribution in [0.15, 0.2) is 30.5 Å². The smallest absolute Gasteiger partial charge is 0.229 e. The molecular formula is C31H38F2N8O. The molecule has 2 aliphatic rings. The van der Waals surface area contributed by atoms with Gasteiger partial charge in [-0.15, -0.1) is 0 Å². The first-order valence-electron chi connectivity index (χ1n) is 14.8. The topological polar surface area (TPSA) is 95.2 Å². The maximum Gasteiger partial charge on any atom is 0.229 e. The summed E-state index contributed by atoms with van der Waals surface area (Å²) in [6.07, 6.45) is 3.86. The Kier molecular flexibility index (Phi) is 7.91. The molecule has 11 heteroatoms. The number of likely N-dealkylation sites (tertiary alicyclic amines) is 1. The van der Waals surface area contributed by atoms with Crippen LogP contribution in [0.5, 0.6) is 0 Å². The van der Waals surface area contributed by atoms with Crippen LogP contribution in [0.3, 0.4) is 0 Å². The van der Waals surface area contributed by atoms with E-state index in [1.807, 2.05) is 38.3 Å². The lowest BCUT2D eigenvalue weighted by atomic mass is 9.98. The van der Waals surface area contributed by atoms with Crippen molar-refractivity contribution in [1.29, 1.82) is 0 Å². The molecular weight excluding hydrogens is 538 g/mol. The molecule has 42 heavy (non-hydrogen) atoms. The number of aryl methyl sites for hydroxylation is 1. The third-order valence-corrected chi connectivity index (χ3v) is 8.37. The highest BCUT2D eigenvalue weighted by molar-refractivity contribution is 5.83. The van der Waals surface area contributed by atoms with Crippen molar-refractivity contribution in [2.45, 2.75) is 71.7 Å². The van der Waals surface area contributed by atoms with Crippen LogP contribution in [0.4, 0.5) is 20.5 Å². The largest absolute Gasteiger partial charge is 0.392 e. The summed E-state index contributed by atoms with van der Waals surface area (Å²) >= 11 is 0. The van der Waals surface area contributed by atoms with Gasteiger partial charge in [0.1, 0.15) is 22.9 Å². The van der Waals surface area contributed by atoms with E-state index in [1.165, 1.54) is 11.6 Å². The van der Waals surface area contributed by atoms with Gasteiger partial charge in [-0.2, -0.15) is 0 Å². The number of nitrogens with zero attached hydrogens (tertiary/aromatic N) is 7. The number of nitrogens with one attached hydrogen (secondary N) is 1. The van der Waals surface area contributed by atoms with Crippen molar-refractivity contribution in [3.8, 4) is 11.3 Å². The van der Waals surface area contributed by atoms with Crippen molar-refractivity contribution >= 4 is 22.8 Å². The minimum atomic E-state index is -0.637. The quantitative estimate of drug-likeness (QED) is 0.317. The summed E-state index contributed by atoms with van der Waals surface area (Å²) < 4.78 is 31.9. The lowest BCUT2D eigenvalue weighted by molar-refractivity contribution is 0.0680. The lowest BCUT2D eigenvalue weighted by Gasteiger charge is -2.40. The number of aliphatic hydroxyl groups is 1. The van der Waals surface area contributed by atoms with Crippen molar-refractivity contribution in [3.63, 3.8) is 0 Å². The molecule has 0 amide bonds. The van der Waals surface area contributed by atoms with E-state index in [2.05, 4.69) is 36.1 Å². The van der Waals surface area contributed by atoms with Gasteiger partial charge in [-0.25, -0.2) is 28.7 Å². The van der Waals surface area contributed by atoms with Gasteiger partial charge in [0.05, 0.1) is 17.8 Å². The zero-order chi connectivity index (χ0) is 29.5. The van der Waals surface area contributed by atoms with Crippen LogP contribution >= 0.6 is 0 Å². The van der Waals surface area contributed by atoms with Crippen molar-refractivity contribution in [3.05, 3.63) is 59.2 Å². The van der Waals surface area contributed by atoms with Gasteiger partial charge in [-0.1, -0.05) is 6.07 Å². The minimum Gasteiger partial charge on any atom is -0.392 e. The molecule has 0 radical (unpaired) electrons. The first kappa shape index (κ1) is 28.6. The Labute approximate surface area is 244 Å². The van der Waals surface area contributed by atoms with E-state index in [9.17, 15) is 9.50 Å². The molecule has 1 saturated heterocycles. The Bertz CT molecular complexity index is 1600. The second-order valence-electron chi connectivity index (χ2n) is 11.9. The number of piperidine rings is 1. The van der Waals surface area contributed by atoms with E-state index < -0.39 is 11.6 Å². The normalized spacial score (nSPS) is 17.6. The average Bonchev–Trinajstić information content (AvgIpc) is 3.30. The lowest BCUT2D eigenvalue weighted by Crippen LogP contribution is -2.47. The predicted molar refractivity (Wildman–Crippen MR) is 159 cm³/mol. The fourth-order valence-corrected chi connectivity index (χ4v) is 6.46. The van der Waals surface area contributed by atoms with Crippen LogP contribution in [0, 0.1) is 18.6 Å². The number of imidazole rings is 1. The second kappa shape index (κ2) is 11.6. The van der Waals surface area contributed by atoms with Crippen LogP contribution in [0.2, 0.25) is 0 Å². The van der Waals surface area contributed by atoms with Gasteiger partial charge in [0.15, 0.2) is 11.6 Å². The Morgan fingerprint density at radius 1 is 1.02 bits per heavy atom. The molecule has 9 nitrogen and oxygen atoms in total. The summed E-state index contributed by atoms with van der Waals surface area (Å²) in [6.45, 7) is 12.3. The van der Waals surface area contributed by atoms with Gasteiger partial charge in [0, 0.05) is 49.4 Å². The summed E-state index contributed by atoms with van der Waals surface area (Å²) in [5.41, 5.74) is 3.43. The molecule has 222 valence electrons. The first-order chi connectivity index (χ1) is 20.2. The number of pyridine rings is 1. The van der Waals surface area contributed by atoms with Gasteiger partial charge in [-0.3, -0.25) is 4.90 Å². The van der Waals surface area contributed by atoms with Crippen LogP contribution in [-0.4, -0.2) is 77.7 Å². The molecule has 5 heterocycles. The van der Waals surface area contributed by atoms with Gasteiger partial charge >= 0.3 is 0 Å². The number of fused-ring (bicyclic) bond motifs is 2. The number of hydrogen-bond donors (Lipinski definition) is 2. The third kappa shape index (κ3) is 5.73. The Balaban J connectivity index is 1.18.